The summed E-state index contributed by atoms with van der Waals surface area (Å²) >= 11 is 0. The first-order chi connectivity index (χ1) is 9.21. The maximum atomic E-state index is 11.6. The van der Waals surface area contributed by atoms with E-state index in [1.807, 2.05) is 12.1 Å². The Morgan fingerprint density at radius 1 is 1.32 bits per heavy atom. The normalized spacial score (nSPS) is 10.3. The Morgan fingerprint density at radius 3 is 2.58 bits per heavy atom. The molecule has 0 aliphatic carbocycles. The summed E-state index contributed by atoms with van der Waals surface area (Å²) in [6, 6.07) is 3.82. The van der Waals surface area contributed by atoms with Crippen LogP contribution in [0.1, 0.15) is 33.1 Å². The van der Waals surface area contributed by atoms with Crippen LogP contribution in [0.5, 0.6) is 0 Å². The molecule has 0 fully saturated rings. The molecule has 5 heteroatoms. The van der Waals surface area contributed by atoms with E-state index < -0.39 is 0 Å². The molecule has 1 rings (SSSR count). The number of carbonyl (C=O) groups excluding carboxylic acids is 1. The summed E-state index contributed by atoms with van der Waals surface area (Å²) in [6.07, 6.45) is 3.92. The SMILES string of the molecule is CCN(CC)c1ccc(NC(=O)CCCCN)cn1. The van der Waals surface area contributed by atoms with Gasteiger partial charge in [-0.2, -0.15) is 0 Å². The Labute approximate surface area is 115 Å². The second kappa shape index (κ2) is 8.48. The van der Waals surface area contributed by atoms with Gasteiger partial charge in [0.15, 0.2) is 0 Å². The molecule has 0 saturated heterocycles. The molecule has 0 radical (unpaired) electrons. The number of pyridine rings is 1. The Kier molecular flexibility index (Phi) is 6.89. The van der Waals surface area contributed by atoms with E-state index in [1.54, 1.807) is 6.20 Å². The van der Waals surface area contributed by atoms with E-state index in [4.69, 9.17) is 5.73 Å². The number of carbonyl (C=O) groups is 1. The maximum Gasteiger partial charge on any atom is 0.224 e. The van der Waals surface area contributed by atoms with Crippen LogP contribution in [0.25, 0.3) is 0 Å². The van der Waals surface area contributed by atoms with Crippen LogP contribution in [-0.2, 0) is 4.79 Å². The highest BCUT2D eigenvalue weighted by molar-refractivity contribution is 5.90. The minimum atomic E-state index is 0.0193. The number of nitrogens with zero attached hydrogens (tertiary/aromatic N) is 2. The standard InChI is InChI=1S/C14H24N4O/c1-3-18(4-2)13-9-8-12(11-16-13)17-14(19)7-5-6-10-15/h8-9,11H,3-7,10,15H2,1-2H3,(H,17,19). The molecule has 3 N–H and O–H groups in total. The number of unbranched alkanes of at least 4 members (excludes halogenated alkanes) is 1. The second-order valence-corrected chi connectivity index (χ2v) is 4.37. The number of hydrogen-bond donors (Lipinski definition) is 2. The van der Waals surface area contributed by atoms with Crippen LogP contribution in [0.3, 0.4) is 0 Å². The molecule has 0 atom stereocenters. The lowest BCUT2D eigenvalue weighted by molar-refractivity contribution is -0.116. The Morgan fingerprint density at radius 2 is 2.05 bits per heavy atom. The first-order valence-corrected chi connectivity index (χ1v) is 6.92. The van der Waals surface area contributed by atoms with Crippen LogP contribution in [0.4, 0.5) is 11.5 Å². The fourth-order valence-electron chi connectivity index (χ4n) is 1.85. The van der Waals surface area contributed by atoms with E-state index in [-0.39, 0.29) is 5.91 Å². The maximum absolute atomic E-state index is 11.6. The summed E-state index contributed by atoms with van der Waals surface area (Å²) < 4.78 is 0. The predicted octanol–water partition coefficient (Wildman–Crippen LogP) is 2.00. The van der Waals surface area contributed by atoms with Gasteiger partial charge in [0.2, 0.25) is 5.91 Å². The van der Waals surface area contributed by atoms with Crippen molar-refractivity contribution in [1.82, 2.24) is 4.98 Å². The van der Waals surface area contributed by atoms with Crippen LogP contribution in [0, 0.1) is 0 Å². The Balaban J connectivity index is 2.50. The minimum absolute atomic E-state index is 0.0193. The molecule has 0 aliphatic rings. The lowest BCUT2D eigenvalue weighted by atomic mass is 10.2. The van der Waals surface area contributed by atoms with E-state index in [0.717, 1.165) is 37.4 Å². The monoisotopic (exact) mass is 264 g/mol. The molecule has 0 spiro atoms. The number of amides is 1. The zero-order valence-electron chi connectivity index (χ0n) is 11.9. The van der Waals surface area contributed by atoms with Crippen molar-refractivity contribution in [3.05, 3.63) is 18.3 Å². The lowest BCUT2D eigenvalue weighted by Gasteiger charge is -2.19. The van der Waals surface area contributed by atoms with Gasteiger partial charge in [-0.1, -0.05) is 0 Å². The number of aromatic nitrogens is 1. The summed E-state index contributed by atoms with van der Waals surface area (Å²) in [4.78, 5) is 18.1. The van der Waals surface area contributed by atoms with Gasteiger partial charge in [-0.15, -0.1) is 0 Å². The largest absolute Gasteiger partial charge is 0.357 e. The molecule has 0 bridgehead atoms. The molecule has 1 aromatic rings. The third-order valence-electron chi connectivity index (χ3n) is 2.98. The average Bonchev–Trinajstić information content (AvgIpc) is 2.42. The summed E-state index contributed by atoms with van der Waals surface area (Å²) in [5.41, 5.74) is 6.14. The van der Waals surface area contributed by atoms with Crippen molar-refractivity contribution < 1.29 is 4.79 Å². The molecule has 0 unspecified atom stereocenters. The second-order valence-electron chi connectivity index (χ2n) is 4.37. The number of hydrogen-bond acceptors (Lipinski definition) is 4. The van der Waals surface area contributed by atoms with Crippen molar-refractivity contribution in [3.8, 4) is 0 Å². The zero-order valence-corrected chi connectivity index (χ0v) is 11.9. The topological polar surface area (TPSA) is 71.2 Å². The molecule has 0 saturated carbocycles. The Bertz CT molecular complexity index is 374. The summed E-state index contributed by atoms with van der Waals surface area (Å²) in [5.74, 6) is 0.956. The lowest BCUT2D eigenvalue weighted by Crippen LogP contribution is -2.22. The molecule has 5 nitrogen and oxygen atoms in total. The van der Waals surface area contributed by atoms with E-state index in [2.05, 4.69) is 29.0 Å². The Hall–Kier alpha value is -1.62. The van der Waals surface area contributed by atoms with Gasteiger partial charge >= 0.3 is 0 Å². The van der Waals surface area contributed by atoms with Gasteiger partial charge in [-0.05, 0) is 45.4 Å². The van der Waals surface area contributed by atoms with Gasteiger partial charge in [0.05, 0.1) is 11.9 Å². The van der Waals surface area contributed by atoms with Crippen molar-refractivity contribution in [2.24, 2.45) is 5.73 Å². The molecule has 1 aromatic heterocycles. The van der Waals surface area contributed by atoms with Gasteiger partial charge in [0.25, 0.3) is 0 Å². The van der Waals surface area contributed by atoms with E-state index >= 15 is 0 Å². The van der Waals surface area contributed by atoms with Crippen molar-refractivity contribution in [3.63, 3.8) is 0 Å². The first kappa shape index (κ1) is 15.4. The van der Waals surface area contributed by atoms with Gasteiger partial charge in [-0.3, -0.25) is 4.79 Å². The average molecular weight is 264 g/mol. The molecule has 0 aliphatic heterocycles. The molecule has 1 heterocycles. The van der Waals surface area contributed by atoms with Crippen LogP contribution in [0.2, 0.25) is 0 Å². The van der Waals surface area contributed by atoms with E-state index in [9.17, 15) is 4.79 Å². The number of nitrogens with two attached hydrogens (primary N) is 1. The molecule has 0 aromatic carbocycles. The molecular weight excluding hydrogens is 240 g/mol. The summed E-state index contributed by atoms with van der Waals surface area (Å²) in [7, 11) is 0. The van der Waals surface area contributed by atoms with Gasteiger partial charge in [-0.25, -0.2) is 4.98 Å². The van der Waals surface area contributed by atoms with Crippen molar-refractivity contribution >= 4 is 17.4 Å². The van der Waals surface area contributed by atoms with Gasteiger partial charge in [0, 0.05) is 19.5 Å². The highest BCUT2D eigenvalue weighted by Crippen LogP contribution is 2.14. The van der Waals surface area contributed by atoms with Crippen molar-refractivity contribution in [2.45, 2.75) is 33.1 Å². The van der Waals surface area contributed by atoms with Crippen LogP contribution < -0.4 is 16.0 Å². The van der Waals surface area contributed by atoms with E-state index in [0.29, 0.717) is 13.0 Å². The fraction of sp³-hybridized carbons (Fsp3) is 0.571. The van der Waals surface area contributed by atoms with Crippen molar-refractivity contribution in [1.29, 1.82) is 0 Å². The first-order valence-electron chi connectivity index (χ1n) is 6.92. The smallest absolute Gasteiger partial charge is 0.224 e. The molecule has 19 heavy (non-hydrogen) atoms. The predicted molar refractivity (Wildman–Crippen MR) is 79.3 cm³/mol. The van der Waals surface area contributed by atoms with Crippen LogP contribution >= 0.6 is 0 Å². The number of anilines is 2. The number of nitrogens with one attached hydrogen (secondary N) is 1. The quantitative estimate of drug-likeness (QED) is 0.704. The van der Waals surface area contributed by atoms with Crippen LogP contribution in [-0.4, -0.2) is 30.5 Å². The van der Waals surface area contributed by atoms with Crippen molar-refractivity contribution in [2.75, 3.05) is 29.9 Å². The fourth-order valence-corrected chi connectivity index (χ4v) is 1.85. The summed E-state index contributed by atoms with van der Waals surface area (Å²) in [6.45, 7) is 6.67. The third kappa shape index (κ3) is 5.26. The van der Waals surface area contributed by atoms with E-state index in [1.165, 1.54) is 0 Å². The zero-order chi connectivity index (χ0) is 14.1. The molecule has 106 valence electrons. The summed E-state index contributed by atoms with van der Waals surface area (Å²) in [5, 5.41) is 2.84. The van der Waals surface area contributed by atoms with Crippen LogP contribution in [0.15, 0.2) is 18.3 Å². The highest BCUT2D eigenvalue weighted by atomic mass is 16.1. The molecular formula is C14H24N4O. The number of rotatable bonds is 8. The van der Waals surface area contributed by atoms with Gasteiger partial charge < -0.3 is 16.0 Å². The third-order valence-corrected chi connectivity index (χ3v) is 2.98. The van der Waals surface area contributed by atoms with Gasteiger partial charge in [0.1, 0.15) is 5.82 Å². The highest BCUT2D eigenvalue weighted by Gasteiger charge is 2.05. The molecule has 1 amide bonds. The minimum Gasteiger partial charge on any atom is -0.357 e.